The molecular weight excluding hydrogens is 192 g/mol. The molecule has 4 heteroatoms. The predicted molar refractivity (Wildman–Crippen MR) is 56.3 cm³/mol. The van der Waals surface area contributed by atoms with Gasteiger partial charge in [0.1, 0.15) is 0 Å². The first-order valence-corrected chi connectivity index (χ1v) is 5.56. The molecule has 4 nitrogen and oxygen atoms in total. The number of nitriles is 1. The van der Waals surface area contributed by atoms with Crippen LogP contribution in [0.1, 0.15) is 32.1 Å². The fourth-order valence-electron chi connectivity index (χ4n) is 1.94. The highest BCUT2D eigenvalue weighted by molar-refractivity contribution is 5.70. The van der Waals surface area contributed by atoms with Crippen LogP contribution in [-0.2, 0) is 4.79 Å². The van der Waals surface area contributed by atoms with Gasteiger partial charge in [0.05, 0.1) is 12.0 Å². The summed E-state index contributed by atoms with van der Waals surface area (Å²) >= 11 is 0. The van der Waals surface area contributed by atoms with Crippen molar-refractivity contribution in [3.8, 4) is 6.07 Å². The number of hydrogen-bond acceptors (Lipinski definition) is 3. The second-order valence-electron chi connectivity index (χ2n) is 4.07. The fourth-order valence-corrected chi connectivity index (χ4v) is 1.94. The van der Waals surface area contributed by atoms with E-state index in [2.05, 4.69) is 11.0 Å². The van der Waals surface area contributed by atoms with Crippen molar-refractivity contribution in [3.63, 3.8) is 0 Å². The number of piperidine rings is 1. The van der Waals surface area contributed by atoms with Gasteiger partial charge in [0, 0.05) is 6.42 Å². The number of aliphatic carboxylic acids is 1. The molecule has 1 aliphatic heterocycles. The highest BCUT2D eigenvalue weighted by Crippen LogP contribution is 2.17. The maximum atomic E-state index is 10.7. The molecule has 1 rings (SSSR count). The van der Waals surface area contributed by atoms with E-state index in [0.29, 0.717) is 6.42 Å². The molecule has 0 unspecified atom stereocenters. The Hall–Kier alpha value is -1.08. The van der Waals surface area contributed by atoms with E-state index in [1.807, 2.05) is 0 Å². The van der Waals surface area contributed by atoms with Crippen LogP contribution in [0, 0.1) is 17.2 Å². The van der Waals surface area contributed by atoms with Crippen molar-refractivity contribution in [2.24, 2.45) is 5.92 Å². The Bertz CT molecular complexity index is 239. The Labute approximate surface area is 90.5 Å². The zero-order chi connectivity index (χ0) is 11.1. The number of rotatable bonds is 5. The predicted octanol–water partition coefficient (Wildman–Crippen LogP) is 1.48. The van der Waals surface area contributed by atoms with E-state index in [0.717, 1.165) is 45.3 Å². The lowest BCUT2D eigenvalue weighted by molar-refractivity contribution is -0.143. The fraction of sp³-hybridized carbons (Fsp3) is 0.818. The minimum absolute atomic E-state index is 0.139. The molecule has 0 aromatic rings. The van der Waals surface area contributed by atoms with Crippen LogP contribution < -0.4 is 0 Å². The van der Waals surface area contributed by atoms with Crippen LogP contribution >= 0.6 is 0 Å². The molecule has 84 valence electrons. The first-order valence-electron chi connectivity index (χ1n) is 5.56. The molecule has 1 saturated heterocycles. The SMILES string of the molecule is N#CCCCCN1CCC(C(=O)O)CC1. The van der Waals surface area contributed by atoms with Gasteiger partial charge in [-0.3, -0.25) is 4.79 Å². The molecule has 1 fully saturated rings. The quantitative estimate of drug-likeness (QED) is 0.698. The minimum atomic E-state index is -0.654. The number of carboxylic acid groups (broad SMARTS) is 1. The molecule has 1 heterocycles. The Balaban J connectivity index is 2.10. The molecule has 0 aliphatic carbocycles. The molecule has 0 atom stereocenters. The molecule has 15 heavy (non-hydrogen) atoms. The van der Waals surface area contributed by atoms with Crippen molar-refractivity contribution < 1.29 is 9.90 Å². The van der Waals surface area contributed by atoms with Crippen LogP contribution in [0.5, 0.6) is 0 Å². The number of carbonyl (C=O) groups is 1. The zero-order valence-electron chi connectivity index (χ0n) is 8.98. The number of unbranched alkanes of at least 4 members (excludes halogenated alkanes) is 2. The van der Waals surface area contributed by atoms with E-state index in [1.54, 1.807) is 0 Å². The highest BCUT2D eigenvalue weighted by Gasteiger charge is 2.23. The summed E-state index contributed by atoms with van der Waals surface area (Å²) in [4.78, 5) is 13.0. The molecular formula is C11H18N2O2. The summed E-state index contributed by atoms with van der Waals surface area (Å²) in [5.74, 6) is -0.792. The van der Waals surface area contributed by atoms with E-state index in [4.69, 9.17) is 10.4 Å². The summed E-state index contributed by atoms with van der Waals surface area (Å²) in [5, 5.41) is 17.2. The van der Waals surface area contributed by atoms with Crippen LogP contribution in [0.25, 0.3) is 0 Å². The summed E-state index contributed by atoms with van der Waals surface area (Å²) in [6.07, 6.45) is 4.17. The topological polar surface area (TPSA) is 64.3 Å². The lowest BCUT2D eigenvalue weighted by atomic mass is 9.97. The summed E-state index contributed by atoms with van der Waals surface area (Å²) in [5.41, 5.74) is 0. The first-order chi connectivity index (χ1) is 7.24. The molecule has 0 bridgehead atoms. The van der Waals surface area contributed by atoms with Gasteiger partial charge in [-0.2, -0.15) is 5.26 Å². The average Bonchev–Trinajstić information content (AvgIpc) is 2.25. The molecule has 0 aromatic carbocycles. The molecule has 0 radical (unpaired) electrons. The second-order valence-corrected chi connectivity index (χ2v) is 4.07. The molecule has 0 saturated carbocycles. The van der Waals surface area contributed by atoms with E-state index in [1.165, 1.54) is 0 Å². The van der Waals surface area contributed by atoms with E-state index in [-0.39, 0.29) is 5.92 Å². The number of carboxylic acids is 1. The minimum Gasteiger partial charge on any atom is -0.481 e. The zero-order valence-corrected chi connectivity index (χ0v) is 8.98. The lowest BCUT2D eigenvalue weighted by Gasteiger charge is -2.29. The van der Waals surface area contributed by atoms with Crippen LogP contribution in [0.15, 0.2) is 0 Å². The van der Waals surface area contributed by atoms with Gasteiger partial charge in [0.25, 0.3) is 0 Å². The lowest BCUT2D eigenvalue weighted by Crippen LogP contribution is -2.36. The average molecular weight is 210 g/mol. The van der Waals surface area contributed by atoms with Crippen LogP contribution in [0.2, 0.25) is 0 Å². The summed E-state index contributed by atoms with van der Waals surface area (Å²) in [7, 11) is 0. The number of nitrogens with zero attached hydrogens (tertiary/aromatic N) is 2. The summed E-state index contributed by atoms with van der Waals surface area (Å²) in [6, 6.07) is 2.13. The van der Waals surface area contributed by atoms with Gasteiger partial charge in [-0.05, 0) is 45.3 Å². The Morgan fingerprint density at radius 1 is 1.40 bits per heavy atom. The van der Waals surface area contributed by atoms with Crippen molar-refractivity contribution in [1.82, 2.24) is 4.90 Å². The van der Waals surface area contributed by atoms with E-state index < -0.39 is 5.97 Å². The first kappa shape index (κ1) is 12.0. The standard InChI is InChI=1S/C11H18N2O2/c12-6-2-1-3-7-13-8-4-10(5-9-13)11(14)15/h10H,1-5,7-9H2,(H,14,15). The van der Waals surface area contributed by atoms with Crippen molar-refractivity contribution in [2.75, 3.05) is 19.6 Å². The van der Waals surface area contributed by atoms with Gasteiger partial charge >= 0.3 is 5.97 Å². The molecule has 0 amide bonds. The third-order valence-corrected chi connectivity index (χ3v) is 2.95. The monoisotopic (exact) mass is 210 g/mol. The molecule has 0 spiro atoms. The van der Waals surface area contributed by atoms with Crippen molar-refractivity contribution in [1.29, 1.82) is 5.26 Å². The molecule has 0 aromatic heterocycles. The summed E-state index contributed by atoms with van der Waals surface area (Å²) in [6.45, 7) is 2.79. The second kappa shape index (κ2) is 6.41. The Morgan fingerprint density at radius 3 is 2.60 bits per heavy atom. The molecule has 1 aliphatic rings. The number of likely N-dealkylation sites (tertiary alicyclic amines) is 1. The summed E-state index contributed by atoms with van der Waals surface area (Å²) < 4.78 is 0. The van der Waals surface area contributed by atoms with Crippen LogP contribution in [0.4, 0.5) is 0 Å². The largest absolute Gasteiger partial charge is 0.481 e. The van der Waals surface area contributed by atoms with Crippen LogP contribution in [0.3, 0.4) is 0 Å². The molecule has 1 N–H and O–H groups in total. The maximum Gasteiger partial charge on any atom is 0.306 e. The van der Waals surface area contributed by atoms with Crippen molar-refractivity contribution in [2.45, 2.75) is 32.1 Å². The van der Waals surface area contributed by atoms with Gasteiger partial charge in [-0.15, -0.1) is 0 Å². The van der Waals surface area contributed by atoms with E-state index in [9.17, 15) is 4.79 Å². The maximum absolute atomic E-state index is 10.7. The van der Waals surface area contributed by atoms with Gasteiger partial charge in [-0.25, -0.2) is 0 Å². The van der Waals surface area contributed by atoms with Crippen molar-refractivity contribution >= 4 is 5.97 Å². The van der Waals surface area contributed by atoms with Gasteiger partial charge in [-0.1, -0.05) is 0 Å². The van der Waals surface area contributed by atoms with Gasteiger partial charge < -0.3 is 10.0 Å². The normalized spacial score (nSPS) is 18.6. The highest BCUT2D eigenvalue weighted by atomic mass is 16.4. The van der Waals surface area contributed by atoms with Gasteiger partial charge in [0.15, 0.2) is 0 Å². The van der Waals surface area contributed by atoms with E-state index >= 15 is 0 Å². The smallest absolute Gasteiger partial charge is 0.306 e. The Morgan fingerprint density at radius 2 is 2.07 bits per heavy atom. The van der Waals surface area contributed by atoms with Crippen LogP contribution in [-0.4, -0.2) is 35.6 Å². The van der Waals surface area contributed by atoms with Gasteiger partial charge in [0.2, 0.25) is 0 Å². The third-order valence-electron chi connectivity index (χ3n) is 2.95. The number of hydrogen-bond donors (Lipinski definition) is 1. The Kier molecular flexibility index (Phi) is 5.13. The van der Waals surface area contributed by atoms with Crippen molar-refractivity contribution in [3.05, 3.63) is 0 Å². The third kappa shape index (κ3) is 4.30.